The van der Waals surface area contributed by atoms with Gasteiger partial charge in [-0.3, -0.25) is 0 Å². The summed E-state index contributed by atoms with van der Waals surface area (Å²) in [4.78, 5) is 14.1. The lowest BCUT2D eigenvalue weighted by molar-refractivity contribution is 0.0600. The van der Waals surface area contributed by atoms with Gasteiger partial charge >= 0.3 is 5.97 Å². The van der Waals surface area contributed by atoms with Gasteiger partial charge in [0.05, 0.1) is 36.5 Å². The lowest BCUT2D eigenvalue weighted by Gasteiger charge is -2.30. The van der Waals surface area contributed by atoms with Gasteiger partial charge in [0.15, 0.2) is 0 Å². The molecule has 1 heterocycles. The molecular formula is C14H20N2O5S. The van der Waals surface area contributed by atoms with Crippen LogP contribution in [0.4, 0.5) is 5.69 Å². The summed E-state index contributed by atoms with van der Waals surface area (Å²) in [5.41, 5.74) is 0.903. The van der Waals surface area contributed by atoms with E-state index < -0.39 is 16.0 Å². The molecule has 0 N–H and O–H groups in total. The number of anilines is 1. The minimum atomic E-state index is -3.61. The van der Waals surface area contributed by atoms with E-state index >= 15 is 0 Å². The molecule has 1 aliphatic rings. The number of hydrogen-bond acceptors (Lipinski definition) is 6. The van der Waals surface area contributed by atoms with E-state index in [4.69, 9.17) is 9.47 Å². The molecule has 0 atom stereocenters. The number of hydrogen-bond donors (Lipinski definition) is 0. The number of carbonyl (C=O) groups is 1. The standard InChI is InChI=1S/C14H20N2O5S/c1-15(2)22(18,19)11-4-5-13(12(10-11)14(17)20-3)16-6-8-21-9-7-16/h4-5,10H,6-9H2,1-3H3. The van der Waals surface area contributed by atoms with Gasteiger partial charge in [0.2, 0.25) is 10.0 Å². The van der Waals surface area contributed by atoms with Crippen molar-refractivity contribution in [3.05, 3.63) is 23.8 Å². The highest BCUT2D eigenvalue weighted by atomic mass is 32.2. The highest BCUT2D eigenvalue weighted by molar-refractivity contribution is 7.89. The predicted molar refractivity (Wildman–Crippen MR) is 81.7 cm³/mol. The van der Waals surface area contributed by atoms with Gasteiger partial charge in [-0.25, -0.2) is 17.5 Å². The van der Waals surface area contributed by atoms with Crippen LogP contribution >= 0.6 is 0 Å². The van der Waals surface area contributed by atoms with Crippen molar-refractivity contribution in [2.45, 2.75) is 4.90 Å². The molecule has 0 amide bonds. The van der Waals surface area contributed by atoms with Gasteiger partial charge in [-0.15, -0.1) is 0 Å². The maximum Gasteiger partial charge on any atom is 0.340 e. The van der Waals surface area contributed by atoms with Crippen LogP contribution in [0.25, 0.3) is 0 Å². The highest BCUT2D eigenvalue weighted by Crippen LogP contribution is 2.26. The van der Waals surface area contributed by atoms with Crippen LogP contribution in [-0.2, 0) is 19.5 Å². The number of nitrogens with zero attached hydrogens (tertiary/aromatic N) is 2. The number of sulfonamides is 1. The minimum Gasteiger partial charge on any atom is -0.465 e. The summed E-state index contributed by atoms with van der Waals surface area (Å²) < 4.78 is 35.6. The second-order valence-electron chi connectivity index (χ2n) is 5.06. The van der Waals surface area contributed by atoms with E-state index in [2.05, 4.69) is 0 Å². The summed E-state index contributed by atoms with van der Waals surface area (Å²) in [7, 11) is 0.565. The summed E-state index contributed by atoms with van der Waals surface area (Å²) in [5.74, 6) is -0.558. The lowest BCUT2D eigenvalue weighted by Crippen LogP contribution is -2.37. The Morgan fingerprint density at radius 1 is 1.27 bits per heavy atom. The van der Waals surface area contributed by atoms with Crippen LogP contribution in [0.1, 0.15) is 10.4 Å². The van der Waals surface area contributed by atoms with Crippen LogP contribution in [0, 0.1) is 0 Å². The number of carbonyl (C=O) groups excluding carboxylic acids is 1. The first-order valence-electron chi connectivity index (χ1n) is 6.85. The smallest absolute Gasteiger partial charge is 0.340 e. The van der Waals surface area contributed by atoms with Gasteiger partial charge in [0.25, 0.3) is 0 Å². The summed E-state index contributed by atoms with van der Waals surface area (Å²) in [6.07, 6.45) is 0. The lowest BCUT2D eigenvalue weighted by atomic mass is 10.1. The number of esters is 1. The molecule has 1 aromatic rings. The zero-order valence-electron chi connectivity index (χ0n) is 12.9. The normalized spacial score (nSPS) is 15.9. The Balaban J connectivity index is 2.49. The fourth-order valence-corrected chi connectivity index (χ4v) is 3.17. The molecule has 1 saturated heterocycles. The average molecular weight is 328 g/mol. The zero-order chi connectivity index (χ0) is 16.3. The van der Waals surface area contributed by atoms with Crippen molar-refractivity contribution in [3.63, 3.8) is 0 Å². The highest BCUT2D eigenvalue weighted by Gasteiger charge is 2.24. The van der Waals surface area contributed by atoms with Crippen LogP contribution < -0.4 is 4.90 Å². The number of ether oxygens (including phenoxy) is 2. The van der Waals surface area contributed by atoms with Gasteiger partial charge in [0.1, 0.15) is 0 Å². The molecule has 1 aliphatic heterocycles. The van der Waals surface area contributed by atoms with E-state index in [0.29, 0.717) is 32.0 Å². The van der Waals surface area contributed by atoms with Crippen molar-refractivity contribution in [1.82, 2.24) is 4.31 Å². The second-order valence-corrected chi connectivity index (χ2v) is 7.21. The summed E-state index contributed by atoms with van der Waals surface area (Å²) in [5, 5.41) is 0. The van der Waals surface area contributed by atoms with E-state index in [1.54, 1.807) is 6.07 Å². The van der Waals surface area contributed by atoms with Crippen molar-refractivity contribution in [2.24, 2.45) is 0 Å². The maximum atomic E-state index is 12.2. The van der Waals surface area contributed by atoms with Gasteiger partial charge in [-0.2, -0.15) is 0 Å². The minimum absolute atomic E-state index is 0.0647. The molecule has 8 heteroatoms. The zero-order valence-corrected chi connectivity index (χ0v) is 13.7. The first-order chi connectivity index (χ1) is 10.4. The molecule has 0 radical (unpaired) electrons. The Kier molecular flexibility index (Phi) is 5.05. The SMILES string of the molecule is COC(=O)c1cc(S(=O)(=O)N(C)C)ccc1N1CCOCC1. The third-order valence-electron chi connectivity index (χ3n) is 3.50. The molecule has 0 spiro atoms. The monoisotopic (exact) mass is 328 g/mol. The summed E-state index contributed by atoms with van der Waals surface area (Å²) in [6.45, 7) is 2.42. The van der Waals surface area contributed by atoms with Crippen LogP contribution in [-0.4, -0.2) is 66.2 Å². The van der Waals surface area contributed by atoms with Crippen molar-refractivity contribution < 1.29 is 22.7 Å². The molecule has 7 nitrogen and oxygen atoms in total. The average Bonchev–Trinajstić information content (AvgIpc) is 2.54. The summed E-state index contributed by atoms with van der Waals surface area (Å²) in [6, 6.07) is 4.52. The van der Waals surface area contributed by atoms with E-state index in [9.17, 15) is 13.2 Å². The number of benzene rings is 1. The fourth-order valence-electron chi connectivity index (χ4n) is 2.24. The third-order valence-corrected chi connectivity index (χ3v) is 5.31. The molecule has 0 bridgehead atoms. The molecule has 122 valence electrons. The Morgan fingerprint density at radius 3 is 2.45 bits per heavy atom. The second kappa shape index (κ2) is 6.64. The Labute approximate surface area is 130 Å². The molecule has 22 heavy (non-hydrogen) atoms. The first kappa shape index (κ1) is 16.7. The quantitative estimate of drug-likeness (QED) is 0.752. The van der Waals surface area contributed by atoms with Gasteiger partial charge < -0.3 is 14.4 Å². The van der Waals surface area contributed by atoms with Crippen molar-refractivity contribution in [3.8, 4) is 0 Å². The fraction of sp³-hybridized carbons (Fsp3) is 0.500. The molecule has 0 saturated carbocycles. The maximum absolute atomic E-state index is 12.2. The molecule has 0 aliphatic carbocycles. The molecular weight excluding hydrogens is 308 g/mol. The molecule has 1 aromatic carbocycles. The van der Waals surface area contributed by atoms with Crippen LogP contribution in [0.15, 0.2) is 23.1 Å². The van der Waals surface area contributed by atoms with Crippen molar-refractivity contribution in [2.75, 3.05) is 52.4 Å². The van der Waals surface area contributed by atoms with E-state index in [1.807, 2.05) is 4.90 Å². The predicted octanol–water partition coefficient (Wildman–Crippen LogP) is 0.560. The Morgan fingerprint density at radius 2 is 1.91 bits per heavy atom. The van der Waals surface area contributed by atoms with Crippen LogP contribution in [0.5, 0.6) is 0 Å². The van der Waals surface area contributed by atoms with Gasteiger partial charge in [0, 0.05) is 27.2 Å². The van der Waals surface area contributed by atoms with E-state index in [0.717, 1.165) is 4.31 Å². The first-order valence-corrected chi connectivity index (χ1v) is 8.29. The summed E-state index contributed by atoms with van der Waals surface area (Å²) >= 11 is 0. The third kappa shape index (κ3) is 3.23. The molecule has 1 fully saturated rings. The molecule has 0 unspecified atom stereocenters. The number of methoxy groups -OCH3 is 1. The Bertz CT molecular complexity index is 651. The van der Waals surface area contributed by atoms with Crippen molar-refractivity contribution in [1.29, 1.82) is 0 Å². The van der Waals surface area contributed by atoms with E-state index in [1.165, 1.54) is 33.3 Å². The van der Waals surface area contributed by atoms with Crippen LogP contribution in [0.3, 0.4) is 0 Å². The van der Waals surface area contributed by atoms with Gasteiger partial charge in [-0.1, -0.05) is 0 Å². The van der Waals surface area contributed by atoms with Crippen molar-refractivity contribution >= 4 is 21.7 Å². The van der Waals surface area contributed by atoms with E-state index in [-0.39, 0.29) is 10.5 Å². The topological polar surface area (TPSA) is 76.2 Å². The number of morpholine rings is 1. The molecule has 0 aromatic heterocycles. The Hall–Kier alpha value is -1.64. The largest absolute Gasteiger partial charge is 0.465 e. The van der Waals surface area contributed by atoms with Crippen LogP contribution in [0.2, 0.25) is 0 Å². The number of rotatable bonds is 4. The van der Waals surface area contributed by atoms with Gasteiger partial charge in [-0.05, 0) is 18.2 Å². The molecule has 2 rings (SSSR count).